The van der Waals surface area contributed by atoms with E-state index in [1.165, 1.54) is 5.56 Å². The van der Waals surface area contributed by atoms with Gasteiger partial charge in [0.05, 0.1) is 16.7 Å². The van der Waals surface area contributed by atoms with Crippen molar-refractivity contribution in [2.24, 2.45) is 0 Å². The smallest absolute Gasteiger partial charge is 0.324 e. The fourth-order valence-corrected chi connectivity index (χ4v) is 3.25. The second kappa shape index (κ2) is 5.60. The van der Waals surface area contributed by atoms with E-state index in [0.29, 0.717) is 10.6 Å². The Balaban J connectivity index is 1.57. The number of carbonyl (C=O) groups is 3. The Bertz CT molecular complexity index is 836. The number of hydroxylamine groups is 2. The topological polar surface area (TPSA) is 63.7 Å². The first kappa shape index (κ1) is 14.6. The molecule has 0 saturated carbocycles. The highest BCUT2D eigenvalue weighted by atomic mass is 16.7. The predicted molar refractivity (Wildman–Crippen MR) is 85.4 cm³/mol. The van der Waals surface area contributed by atoms with E-state index in [4.69, 9.17) is 4.84 Å². The van der Waals surface area contributed by atoms with Crippen molar-refractivity contribution < 1.29 is 19.2 Å². The number of aryl methyl sites for hydroxylation is 2. The zero-order chi connectivity index (χ0) is 16.7. The van der Waals surface area contributed by atoms with Crippen LogP contribution in [-0.2, 0) is 17.7 Å². The molecule has 2 aliphatic rings. The largest absolute Gasteiger partial charge is 0.363 e. The first-order valence-electron chi connectivity index (χ1n) is 7.97. The molecule has 1 aliphatic carbocycles. The molecule has 0 spiro atoms. The monoisotopic (exact) mass is 321 g/mol. The minimum absolute atomic E-state index is 0.251. The molecule has 5 nitrogen and oxygen atoms in total. The number of nitrogens with zero attached hydrogens (tertiary/aromatic N) is 1. The lowest BCUT2D eigenvalue weighted by molar-refractivity contribution is -0.0584. The molecule has 1 heterocycles. The lowest BCUT2D eigenvalue weighted by atomic mass is 9.90. The summed E-state index contributed by atoms with van der Waals surface area (Å²) in [7, 11) is 0. The quantitative estimate of drug-likeness (QED) is 0.798. The summed E-state index contributed by atoms with van der Waals surface area (Å²) in [6.07, 6.45) is 4.21. The molecule has 2 aromatic rings. The van der Waals surface area contributed by atoms with Gasteiger partial charge in [-0.05, 0) is 61.1 Å². The number of imide groups is 1. The Morgan fingerprint density at radius 2 is 1.50 bits per heavy atom. The van der Waals surface area contributed by atoms with Crippen molar-refractivity contribution in [1.29, 1.82) is 0 Å². The Morgan fingerprint density at radius 3 is 2.17 bits per heavy atom. The highest BCUT2D eigenvalue weighted by Crippen LogP contribution is 2.25. The van der Waals surface area contributed by atoms with Crippen LogP contribution in [0.25, 0.3) is 0 Å². The van der Waals surface area contributed by atoms with Crippen LogP contribution < -0.4 is 0 Å². The molecule has 1 aliphatic heterocycles. The maximum atomic E-state index is 12.4. The van der Waals surface area contributed by atoms with E-state index in [1.807, 2.05) is 6.07 Å². The van der Waals surface area contributed by atoms with E-state index in [9.17, 15) is 14.4 Å². The van der Waals surface area contributed by atoms with Crippen LogP contribution >= 0.6 is 0 Å². The molecule has 4 rings (SSSR count). The van der Waals surface area contributed by atoms with Gasteiger partial charge in [0.2, 0.25) is 0 Å². The fraction of sp³-hybridized carbons (Fsp3) is 0.211. The highest BCUT2D eigenvalue weighted by molar-refractivity contribution is 6.21. The lowest BCUT2D eigenvalue weighted by Crippen LogP contribution is -2.32. The van der Waals surface area contributed by atoms with Crippen LogP contribution in [0.3, 0.4) is 0 Å². The van der Waals surface area contributed by atoms with Crippen molar-refractivity contribution in [2.45, 2.75) is 25.7 Å². The molecule has 0 N–H and O–H groups in total. The molecule has 0 aromatic heterocycles. The number of carbonyl (C=O) groups excluding carboxylic acids is 3. The summed E-state index contributed by atoms with van der Waals surface area (Å²) in [5.41, 5.74) is 3.24. The van der Waals surface area contributed by atoms with E-state index < -0.39 is 17.8 Å². The van der Waals surface area contributed by atoms with Crippen LogP contribution in [0.5, 0.6) is 0 Å². The molecule has 120 valence electrons. The van der Waals surface area contributed by atoms with E-state index in [1.54, 1.807) is 36.4 Å². The maximum absolute atomic E-state index is 12.4. The van der Waals surface area contributed by atoms with E-state index in [-0.39, 0.29) is 11.1 Å². The van der Waals surface area contributed by atoms with Gasteiger partial charge in [-0.25, -0.2) is 4.79 Å². The Hall–Kier alpha value is -2.95. The second-order valence-corrected chi connectivity index (χ2v) is 6.02. The van der Waals surface area contributed by atoms with Gasteiger partial charge in [-0.15, -0.1) is 0 Å². The molecule has 2 aromatic carbocycles. The summed E-state index contributed by atoms with van der Waals surface area (Å²) >= 11 is 0. The van der Waals surface area contributed by atoms with Gasteiger partial charge in [0.1, 0.15) is 0 Å². The van der Waals surface area contributed by atoms with E-state index in [2.05, 4.69) is 0 Å². The zero-order valence-corrected chi connectivity index (χ0v) is 13.0. The first-order chi connectivity index (χ1) is 11.6. The van der Waals surface area contributed by atoms with Gasteiger partial charge in [-0.3, -0.25) is 9.59 Å². The van der Waals surface area contributed by atoms with Crippen molar-refractivity contribution in [2.75, 3.05) is 0 Å². The van der Waals surface area contributed by atoms with Gasteiger partial charge in [0, 0.05) is 0 Å². The van der Waals surface area contributed by atoms with Crippen LogP contribution in [0.2, 0.25) is 0 Å². The summed E-state index contributed by atoms with van der Waals surface area (Å²) in [5, 5.41) is 0.548. The first-order valence-corrected chi connectivity index (χ1v) is 7.97. The molecule has 0 saturated heterocycles. The highest BCUT2D eigenvalue weighted by Gasteiger charge is 2.38. The molecular formula is C19H15NO4. The minimum Gasteiger partial charge on any atom is -0.324 e. The predicted octanol–water partition coefficient (Wildman–Crippen LogP) is 2.93. The van der Waals surface area contributed by atoms with Crippen LogP contribution in [0.15, 0.2) is 42.5 Å². The van der Waals surface area contributed by atoms with Gasteiger partial charge in [-0.2, -0.15) is 0 Å². The number of hydrogen-bond acceptors (Lipinski definition) is 4. The van der Waals surface area contributed by atoms with Crippen LogP contribution in [-0.4, -0.2) is 22.8 Å². The summed E-state index contributed by atoms with van der Waals surface area (Å²) in [4.78, 5) is 41.9. The molecular weight excluding hydrogens is 306 g/mol. The third-order valence-corrected chi connectivity index (χ3v) is 4.52. The Morgan fingerprint density at radius 1 is 0.875 bits per heavy atom. The molecule has 0 atom stereocenters. The molecule has 0 unspecified atom stereocenters. The van der Waals surface area contributed by atoms with Gasteiger partial charge in [-0.1, -0.05) is 23.3 Å². The summed E-state index contributed by atoms with van der Waals surface area (Å²) in [6, 6.07) is 11.8. The molecule has 0 fully saturated rings. The number of hydrogen-bond donors (Lipinski definition) is 0. The average molecular weight is 321 g/mol. The number of benzene rings is 2. The summed E-state index contributed by atoms with van der Waals surface area (Å²) < 4.78 is 0. The lowest BCUT2D eigenvalue weighted by Gasteiger charge is -2.17. The summed E-state index contributed by atoms with van der Waals surface area (Å²) in [5.74, 6) is -1.92. The van der Waals surface area contributed by atoms with Crippen molar-refractivity contribution in [1.82, 2.24) is 5.06 Å². The normalized spacial score (nSPS) is 15.9. The standard InChI is InChI=1S/C19H15NO4/c21-17-15-7-3-4-8-16(15)18(22)20(17)24-19(23)14-10-9-12-5-1-2-6-13(12)11-14/h3-4,7-11H,1-2,5-6H2. The van der Waals surface area contributed by atoms with Gasteiger partial charge >= 0.3 is 5.97 Å². The number of amides is 2. The summed E-state index contributed by atoms with van der Waals surface area (Å²) in [6.45, 7) is 0. The molecule has 0 bridgehead atoms. The van der Waals surface area contributed by atoms with Crippen molar-refractivity contribution in [3.8, 4) is 0 Å². The average Bonchev–Trinajstić information content (AvgIpc) is 2.86. The molecule has 24 heavy (non-hydrogen) atoms. The maximum Gasteiger partial charge on any atom is 0.363 e. The second-order valence-electron chi connectivity index (χ2n) is 6.02. The molecule has 5 heteroatoms. The number of fused-ring (bicyclic) bond motifs is 2. The third-order valence-electron chi connectivity index (χ3n) is 4.52. The van der Waals surface area contributed by atoms with Gasteiger partial charge < -0.3 is 4.84 Å². The fourth-order valence-electron chi connectivity index (χ4n) is 3.25. The van der Waals surface area contributed by atoms with Crippen LogP contribution in [0.4, 0.5) is 0 Å². The Kier molecular flexibility index (Phi) is 3.41. The van der Waals surface area contributed by atoms with Crippen molar-refractivity contribution in [3.63, 3.8) is 0 Å². The van der Waals surface area contributed by atoms with E-state index >= 15 is 0 Å². The number of rotatable bonds is 2. The minimum atomic E-state index is -0.696. The molecule has 2 amide bonds. The Labute approximate surface area is 138 Å². The SMILES string of the molecule is O=C(ON1C(=O)c2ccccc2C1=O)c1ccc2c(c1)CCCC2. The van der Waals surface area contributed by atoms with E-state index in [0.717, 1.165) is 31.2 Å². The van der Waals surface area contributed by atoms with Crippen LogP contribution in [0.1, 0.15) is 55.0 Å². The zero-order valence-electron chi connectivity index (χ0n) is 13.0. The van der Waals surface area contributed by atoms with Gasteiger partial charge in [0.25, 0.3) is 11.8 Å². The van der Waals surface area contributed by atoms with Crippen molar-refractivity contribution >= 4 is 17.8 Å². The third kappa shape index (κ3) is 2.29. The molecule has 0 radical (unpaired) electrons. The van der Waals surface area contributed by atoms with Crippen LogP contribution in [0, 0.1) is 0 Å². The van der Waals surface area contributed by atoms with Gasteiger partial charge in [0.15, 0.2) is 0 Å². The van der Waals surface area contributed by atoms with Crippen molar-refractivity contribution in [3.05, 3.63) is 70.3 Å².